The maximum absolute atomic E-state index is 10.5. The zero-order chi connectivity index (χ0) is 9.80. The second-order valence-electron chi connectivity index (χ2n) is 3.60. The lowest BCUT2D eigenvalue weighted by molar-refractivity contribution is -0.112. The van der Waals surface area contributed by atoms with Gasteiger partial charge in [0.15, 0.2) is 5.82 Å². The number of hydrogen-bond acceptors (Lipinski definition) is 5. The van der Waals surface area contributed by atoms with Gasteiger partial charge in [-0.1, -0.05) is 5.16 Å². The van der Waals surface area contributed by atoms with Crippen LogP contribution in [0.1, 0.15) is 18.7 Å². The lowest BCUT2D eigenvalue weighted by Crippen LogP contribution is -2.33. The summed E-state index contributed by atoms with van der Waals surface area (Å²) in [6.07, 6.45) is 4.29. The summed E-state index contributed by atoms with van der Waals surface area (Å²) in [5.41, 5.74) is 0. The van der Waals surface area contributed by atoms with Crippen LogP contribution in [0.5, 0.6) is 0 Å². The van der Waals surface area contributed by atoms with Gasteiger partial charge in [0.1, 0.15) is 6.29 Å². The molecule has 0 spiro atoms. The van der Waals surface area contributed by atoms with Crippen molar-refractivity contribution in [3.05, 3.63) is 12.2 Å². The zero-order valence-electron chi connectivity index (χ0n) is 7.93. The highest BCUT2D eigenvalue weighted by molar-refractivity contribution is 5.53. The van der Waals surface area contributed by atoms with Crippen molar-refractivity contribution in [2.24, 2.45) is 5.92 Å². The molecule has 0 amide bonds. The summed E-state index contributed by atoms with van der Waals surface area (Å²) in [7, 11) is 0. The summed E-state index contributed by atoms with van der Waals surface area (Å²) in [5.74, 6) is 0.964. The molecule has 0 aromatic carbocycles. The van der Waals surface area contributed by atoms with Gasteiger partial charge in [-0.25, -0.2) is 0 Å². The Morgan fingerprint density at radius 2 is 2.36 bits per heavy atom. The van der Waals surface area contributed by atoms with Crippen molar-refractivity contribution in [3.8, 4) is 0 Å². The van der Waals surface area contributed by atoms with E-state index in [1.54, 1.807) is 0 Å². The van der Waals surface area contributed by atoms with Crippen LogP contribution in [0.15, 0.2) is 10.9 Å². The summed E-state index contributed by atoms with van der Waals surface area (Å²) in [6, 6.07) is 0. The van der Waals surface area contributed by atoms with Crippen LogP contribution in [0, 0.1) is 5.92 Å². The Balaban J connectivity index is 1.81. The molecule has 1 saturated heterocycles. The summed E-state index contributed by atoms with van der Waals surface area (Å²) in [6.45, 7) is 2.61. The standard InChI is InChI=1S/C9H13N3O2/c13-6-8-1-3-12(4-2-8)5-9-10-7-14-11-9/h6-8H,1-5H2. The minimum Gasteiger partial charge on any atom is -0.343 e. The fourth-order valence-corrected chi connectivity index (χ4v) is 1.71. The molecule has 1 aliphatic rings. The van der Waals surface area contributed by atoms with Gasteiger partial charge in [0.25, 0.3) is 0 Å². The first-order chi connectivity index (χ1) is 6.88. The molecule has 0 radical (unpaired) electrons. The molecule has 1 fully saturated rings. The molecule has 5 heteroatoms. The molecule has 0 saturated carbocycles. The number of aldehydes is 1. The molecule has 0 N–H and O–H groups in total. The van der Waals surface area contributed by atoms with Gasteiger partial charge >= 0.3 is 0 Å². The van der Waals surface area contributed by atoms with E-state index in [2.05, 4.69) is 19.6 Å². The lowest BCUT2D eigenvalue weighted by atomic mass is 9.99. The third-order valence-electron chi connectivity index (χ3n) is 2.60. The minimum atomic E-state index is 0.247. The highest BCUT2D eigenvalue weighted by atomic mass is 16.5. The Morgan fingerprint density at radius 1 is 1.57 bits per heavy atom. The molecule has 14 heavy (non-hydrogen) atoms. The molecule has 0 aliphatic carbocycles. The number of rotatable bonds is 3. The molecule has 1 aromatic rings. The highest BCUT2D eigenvalue weighted by Gasteiger charge is 2.19. The van der Waals surface area contributed by atoms with E-state index in [4.69, 9.17) is 0 Å². The van der Waals surface area contributed by atoms with Crippen molar-refractivity contribution in [1.82, 2.24) is 15.0 Å². The summed E-state index contributed by atoms with van der Waals surface area (Å²) in [4.78, 5) is 16.7. The molecule has 76 valence electrons. The summed E-state index contributed by atoms with van der Waals surface area (Å²) in [5, 5.41) is 3.75. The fourth-order valence-electron chi connectivity index (χ4n) is 1.71. The van der Waals surface area contributed by atoms with Gasteiger partial charge in [-0.15, -0.1) is 0 Å². The van der Waals surface area contributed by atoms with Crippen LogP contribution in [0.3, 0.4) is 0 Å². The van der Waals surface area contributed by atoms with Crippen molar-refractivity contribution in [3.63, 3.8) is 0 Å². The number of aromatic nitrogens is 2. The van der Waals surface area contributed by atoms with E-state index < -0.39 is 0 Å². The number of hydrogen-bond donors (Lipinski definition) is 0. The Labute approximate surface area is 82.1 Å². The van der Waals surface area contributed by atoms with Gasteiger partial charge < -0.3 is 9.32 Å². The molecule has 5 nitrogen and oxygen atoms in total. The summed E-state index contributed by atoms with van der Waals surface area (Å²) >= 11 is 0. The van der Waals surface area contributed by atoms with E-state index in [1.165, 1.54) is 6.39 Å². The number of likely N-dealkylation sites (tertiary alicyclic amines) is 1. The van der Waals surface area contributed by atoms with Gasteiger partial charge in [0.05, 0.1) is 6.54 Å². The Hall–Kier alpha value is -1.23. The molecule has 0 bridgehead atoms. The van der Waals surface area contributed by atoms with Crippen LogP contribution in [0.4, 0.5) is 0 Å². The molecule has 2 heterocycles. The largest absolute Gasteiger partial charge is 0.343 e. The second kappa shape index (κ2) is 4.32. The number of piperidine rings is 1. The predicted molar refractivity (Wildman–Crippen MR) is 48.4 cm³/mol. The first-order valence-corrected chi connectivity index (χ1v) is 4.81. The monoisotopic (exact) mass is 195 g/mol. The van der Waals surface area contributed by atoms with Crippen molar-refractivity contribution >= 4 is 6.29 Å². The van der Waals surface area contributed by atoms with E-state index in [9.17, 15) is 4.79 Å². The molecule has 2 rings (SSSR count). The van der Waals surface area contributed by atoms with E-state index >= 15 is 0 Å². The third-order valence-corrected chi connectivity index (χ3v) is 2.60. The average Bonchev–Trinajstić information content (AvgIpc) is 2.72. The van der Waals surface area contributed by atoms with Crippen molar-refractivity contribution in [2.75, 3.05) is 13.1 Å². The molecule has 0 atom stereocenters. The maximum Gasteiger partial charge on any atom is 0.213 e. The second-order valence-corrected chi connectivity index (χ2v) is 3.60. The third kappa shape index (κ3) is 2.17. The van der Waals surface area contributed by atoms with Crippen LogP contribution in [-0.2, 0) is 11.3 Å². The SMILES string of the molecule is O=CC1CCN(Cc2ncon2)CC1. The van der Waals surface area contributed by atoms with E-state index in [0.717, 1.165) is 44.6 Å². The Kier molecular flexibility index (Phi) is 2.88. The first-order valence-electron chi connectivity index (χ1n) is 4.81. The Morgan fingerprint density at radius 3 is 2.93 bits per heavy atom. The van der Waals surface area contributed by atoms with E-state index in [-0.39, 0.29) is 5.92 Å². The van der Waals surface area contributed by atoms with Gasteiger partial charge in [-0.05, 0) is 25.9 Å². The maximum atomic E-state index is 10.5. The topological polar surface area (TPSA) is 59.2 Å². The lowest BCUT2D eigenvalue weighted by Gasteiger charge is -2.28. The van der Waals surface area contributed by atoms with Crippen LogP contribution in [0.25, 0.3) is 0 Å². The van der Waals surface area contributed by atoms with Crippen LogP contribution in [-0.4, -0.2) is 34.4 Å². The van der Waals surface area contributed by atoms with Crippen LogP contribution in [0.2, 0.25) is 0 Å². The van der Waals surface area contributed by atoms with Crippen molar-refractivity contribution < 1.29 is 9.32 Å². The quantitative estimate of drug-likeness (QED) is 0.656. The fraction of sp³-hybridized carbons (Fsp3) is 0.667. The number of nitrogens with zero attached hydrogens (tertiary/aromatic N) is 3. The van der Waals surface area contributed by atoms with Gasteiger partial charge in [0, 0.05) is 5.92 Å². The molecule has 1 aromatic heterocycles. The minimum absolute atomic E-state index is 0.247. The highest BCUT2D eigenvalue weighted by Crippen LogP contribution is 2.15. The smallest absolute Gasteiger partial charge is 0.213 e. The first kappa shape index (κ1) is 9.33. The predicted octanol–water partition coefficient (Wildman–Crippen LogP) is 0.480. The van der Waals surface area contributed by atoms with Crippen molar-refractivity contribution in [2.45, 2.75) is 19.4 Å². The van der Waals surface area contributed by atoms with Gasteiger partial charge in [0.2, 0.25) is 6.39 Å². The molecule has 0 unspecified atom stereocenters. The number of carbonyl (C=O) groups is 1. The van der Waals surface area contributed by atoms with E-state index in [0.29, 0.717) is 0 Å². The van der Waals surface area contributed by atoms with Crippen LogP contribution < -0.4 is 0 Å². The van der Waals surface area contributed by atoms with E-state index in [1.807, 2.05) is 0 Å². The molecule has 1 aliphatic heterocycles. The molecular formula is C9H13N3O2. The van der Waals surface area contributed by atoms with Gasteiger partial charge in [-0.2, -0.15) is 4.98 Å². The average molecular weight is 195 g/mol. The number of carbonyl (C=O) groups excluding carboxylic acids is 1. The molecular weight excluding hydrogens is 182 g/mol. The van der Waals surface area contributed by atoms with Crippen molar-refractivity contribution in [1.29, 1.82) is 0 Å². The van der Waals surface area contributed by atoms with Crippen LogP contribution >= 0.6 is 0 Å². The normalized spacial score (nSPS) is 19.7. The van der Waals surface area contributed by atoms with Gasteiger partial charge in [-0.3, -0.25) is 4.90 Å². The zero-order valence-corrected chi connectivity index (χ0v) is 7.93. The Bertz CT molecular complexity index is 278. The summed E-state index contributed by atoms with van der Waals surface area (Å²) < 4.78 is 4.65.